The van der Waals surface area contributed by atoms with Crippen LogP contribution in [0.5, 0.6) is 0 Å². The van der Waals surface area contributed by atoms with Gasteiger partial charge in [-0.25, -0.2) is 0 Å². The summed E-state index contributed by atoms with van der Waals surface area (Å²) < 4.78 is 0. The third-order valence-electron chi connectivity index (χ3n) is 2.80. The van der Waals surface area contributed by atoms with Crippen LogP contribution >= 0.6 is 23.2 Å². The number of rotatable bonds is 5. The van der Waals surface area contributed by atoms with Crippen LogP contribution in [0.3, 0.4) is 0 Å². The van der Waals surface area contributed by atoms with Gasteiger partial charge < -0.3 is 10.4 Å². The first-order valence-electron chi connectivity index (χ1n) is 5.05. The fourth-order valence-corrected chi connectivity index (χ4v) is 1.96. The highest BCUT2D eigenvalue weighted by Crippen LogP contribution is 2.48. The van der Waals surface area contributed by atoms with Gasteiger partial charge in [0.1, 0.15) is 0 Å². The first-order chi connectivity index (χ1) is 7.63. The highest BCUT2D eigenvalue weighted by atomic mass is 35.5. The first-order valence-corrected chi connectivity index (χ1v) is 5.81. The standard InChI is InChI=1S/C9H12Cl2N4O/c10-6-13-7(11)15-8(14-6)12-5-9(1-2-9)3-4-16/h16H,1-5H2,(H,12,13,14,15). The number of aliphatic hydroxyl groups is 1. The summed E-state index contributed by atoms with van der Waals surface area (Å²) in [5, 5.41) is 12.1. The lowest BCUT2D eigenvalue weighted by Gasteiger charge is -2.14. The number of hydrogen-bond donors (Lipinski definition) is 2. The third-order valence-corrected chi connectivity index (χ3v) is 3.14. The number of aliphatic hydroxyl groups excluding tert-OH is 1. The maximum atomic E-state index is 8.92. The number of nitrogens with zero attached hydrogens (tertiary/aromatic N) is 3. The average molecular weight is 263 g/mol. The van der Waals surface area contributed by atoms with Gasteiger partial charge >= 0.3 is 0 Å². The Morgan fingerprint density at radius 3 is 2.31 bits per heavy atom. The number of aromatic nitrogens is 3. The second kappa shape index (κ2) is 4.69. The van der Waals surface area contributed by atoms with Gasteiger partial charge in [-0.3, -0.25) is 0 Å². The van der Waals surface area contributed by atoms with Crippen molar-refractivity contribution in [3.05, 3.63) is 10.6 Å². The van der Waals surface area contributed by atoms with Gasteiger partial charge in [0.25, 0.3) is 0 Å². The van der Waals surface area contributed by atoms with Crippen molar-refractivity contribution in [1.29, 1.82) is 0 Å². The number of anilines is 1. The van der Waals surface area contributed by atoms with Gasteiger partial charge in [-0.2, -0.15) is 15.0 Å². The van der Waals surface area contributed by atoms with Crippen molar-refractivity contribution in [3.8, 4) is 0 Å². The maximum Gasteiger partial charge on any atom is 0.228 e. The molecule has 5 nitrogen and oxygen atoms in total. The maximum absolute atomic E-state index is 8.92. The minimum atomic E-state index is 0.0782. The molecule has 1 aliphatic carbocycles. The summed E-state index contributed by atoms with van der Waals surface area (Å²) in [6.45, 7) is 0.935. The summed E-state index contributed by atoms with van der Waals surface area (Å²) in [6.07, 6.45) is 3.03. The van der Waals surface area contributed by atoms with Gasteiger partial charge in [0.05, 0.1) is 0 Å². The van der Waals surface area contributed by atoms with Gasteiger partial charge in [-0.05, 0) is 47.9 Å². The Hall–Kier alpha value is -0.650. The second-order valence-corrected chi connectivity index (χ2v) is 4.70. The molecule has 0 bridgehead atoms. The van der Waals surface area contributed by atoms with Gasteiger partial charge in [0, 0.05) is 13.2 Å². The van der Waals surface area contributed by atoms with E-state index in [4.69, 9.17) is 28.3 Å². The summed E-state index contributed by atoms with van der Waals surface area (Å²) in [6, 6.07) is 0. The molecule has 2 rings (SSSR count). The molecule has 1 fully saturated rings. The summed E-state index contributed by atoms with van der Waals surface area (Å²) in [7, 11) is 0. The number of nitrogens with one attached hydrogen (secondary N) is 1. The fraction of sp³-hybridized carbons (Fsp3) is 0.667. The van der Waals surface area contributed by atoms with Crippen LogP contribution < -0.4 is 5.32 Å². The Morgan fingerprint density at radius 1 is 1.19 bits per heavy atom. The molecule has 1 aromatic heterocycles. The second-order valence-electron chi connectivity index (χ2n) is 4.02. The zero-order valence-electron chi connectivity index (χ0n) is 8.58. The van der Waals surface area contributed by atoms with Crippen molar-refractivity contribution in [1.82, 2.24) is 15.0 Å². The Labute approximate surface area is 103 Å². The van der Waals surface area contributed by atoms with Gasteiger partial charge in [0.2, 0.25) is 16.5 Å². The fourth-order valence-electron chi connectivity index (χ4n) is 1.60. The van der Waals surface area contributed by atoms with Crippen LogP contribution in [-0.4, -0.2) is 33.2 Å². The molecule has 2 N–H and O–H groups in total. The van der Waals surface area contributed by atoms with E-state index in [0.29, 0.717) is 5.95 Å². The quantitative estimate of drug-likeness (QED) is 0.846. The molecule has 0 aliphatic heterocycles. The topological polar surface area (TPSA) is 70.9 Å². The van der Waals surface area contributed by atoms with Gasteiger partial charge in [-0.1, -0.05) is 0 Å². The Balaban J connectivity index is 1.94. The van der Waals surface area contributed by atoms with E-state index < -0.39 is 0 Å². The highest BCUT2D eigenvalue weighted by Gasteiger charge is 2.41. The molecule has 16 heavy (non-hydrogen) atoms. The highest BCUT2D eigenvalue weighted by molar-refractivity contribution is 6.31. The van der Waals surface area contributed by atoms with E-state index in [0.717, 1.165) is 25.8 Å². The minimum Gasteiger partial charge on any atom is -0.396 e. The number of hydrogen-bond acceptors (Lipinski definition) is 5. The molecule has 0 unspecified atom stereocenters. The lowest BCUT2D eigenvalue weighted by Crippen LogP contribution is -2.18. The molecule has 7 heteroatoms. The molecule has 0 amide bonds. The lowest BCUT2D eigenvalue weighted by atomic mass is 10.0. The van der Waals surface area contributed by atoms with Gasteiger partial charge in [0.15, 0.2) is 0 Å². The zero-order valence-corrected chi connectivity index (χ0v) is 10.1. The predicted molar refractivity (Wildman–Crippen MR) is 61.7 cm³/mol. The Kier molecular flexibility index (Phi) is 3.47. The molecule has 1 aliphatic rings. The molecular weight excluding hydrogens is 251 g/mol. The van der Waals surface area contributed by atoms with Crippen molar-refractivity contribution in [2.45, 2.75) is 19.3 Å². The van der Waals surface area contributed by atoms with Crippen LogP contribution in [0, 0.1) is 5.41 Å². The molecule has 1 heterocycles. The average Bonchev–Trinajstić information content (AvgIpc) is 2.95. The van der Waals surface area contributed by atoms with E-state index in [1.165, 1.54) is 0 Å². The van der Waals surface area contributed by atoms with E-state index in [2.05, 4.69) is 20.3 Å². The predicted octanol–water partition coefficient (Wildman–Crippen LogP) is 1.75. The third kappa shape index (κ3) is 2.93. The van der Waals surface area contributed by atoms with E-state index >= 15 is 0 Å². The van der Waals surface area contributed by atoms with E-state index in [-0.39, 0.29) is 22.6 Å². The summed E-state index contributed by atoms with van der Waals surface area (Å²) >= 11 is 11.3. The normalized spacial score (nSPS) is 17.2. The zero-order chi connectivity index (χ0) is 11.6. The van der Waals surface area contributed by atoms with E-state index in [1.807, 2.05) is 0 Å². The van der Waals surface area contributed by atoms with Crippen LogP contribution in [0.1, 0.15) is 19.3 Å². The molecule has 0 saturated heterocycles. The lowest BCUT2D eigenvalue weighted by molar-refractivity contribution is 0.253. The van der Waals surface area contributed by atoms with Gasteiger partial charge in [-0.15, -0.1) is 0 Å². The first kappa shape index (κ1) is 11.8. The summed E-state index contributed by atoms with van der Waals surface area (Å²) in [4.78, 5) is 11.5. The molecule has 0 spiro atoms. The largest absolute Gasteiger partial charge is 0.396 e. The summed E-state index contributed by atoms with van der Waals surface area (Å²) in [5.74, 6) is 0.384. The number of halogens is 2. The molecule has 1 aromatic rings. The van der Waals surface area contributed by atoms with Crippen LogP contribution in [-0.2, 0) is 0 Å². The van der Waals surface area contributed by atoms with Crippen LogP contribution in [0.2, 0.25) is 10.6 Å². The molecular formula is C9H12Cl2N4O. The van der Waals surface area contributed by atoms with Crippen molar-refractivity contribution in [2.24, 2.45) is 5.41 Å². The van der Waals surface area contributed by atoms with Crippen LogP contribution in [0.15, 0.2) is 0 Å². The van der Waals surface area contributed by atoms with Crippen molar-refractivity contribution >= 4 is 29.2 Å². The molecule has 0 aromatic carbocycles. The molecule has 0 atom stereocenters. The molecule has 1 saturated carbocycles. The van der Waals surface area contributed by atoms with Crippen LogP contribution in [0.25, 0.3) is 0 Å². The minimum absolute atomic E-state index is 0.0782. The van der Waals surface area contributed by atoms with E-state index in [9.17, 15) is 0 Å². The Morgan fingerprint density at radius 2 is 1.81 bits per heavy atom. The SMILES string of the molecule is OCCC1(CNc2nc(Cl)nc(Cl)n2)CC1. The summed E-state index contributed by atoms with van der Waals surface area (Å²) in [5.41, 5.74) is 0.195. The molecule has 0 radical (unpaired) electrons. The van der Waals surface area contributed by atoms with Crippen molar-refractivity contribution in [2.75, 3.05) is 18.5 Å². The monoisotopic (exact) mass is 262 g/mol. The Bertz CT molecular complexity index is 364. The van der Waals surface area contributed by atoms with Crippen LogP contribution in [0.4, 0.5) is 5.95 Å². The van der Waals surface area contributed by atoms with Crippen molar-refractivity contribution in [3.63, 3.8) is 0 Å². The smallest absolute Gasteiger partial charge is 0.228 e. The molecule has 88 valence electrons. The van der Waals surface area contributed by atoms with Crippen molar-refractivity contribution < 1.29 is 5.11 Å². The van der Waals surface area contributed by atoms with E-state index in [1.54, 1.807) is 0 Å².